The quantitative estimate of drug-likeness (QED) is 0.392. The Morgan fingerprint density at radius 1 is 1.09 bits per heavy atom. The minimum absolute atomic E-state index is 0.00741. The number of anilines is 1. The Hall–Kier alpha value is -3.60. The van der Waals surface area contributed by atoms with Crippen molar-refractivity contribution in [1.29, 1.82) is 0 Å². The van der Waals surface area contributed by atoms with Crippen molar-refractivity contribution < 1.29 is 27.5 Å². The number of benzene rings is 2. The van der Waals surface area contributed by atoms with Crippen molar-refractivity contribution in [2.24, 2.45) is 5.10 Å². The molecule has 0 bridgehead atoms. The van der Waals surface area contributed by atoms with E-state index in [2.05, 4.69) is 10.5 Å². The van der Waals surface area contributed by atoms with Crippen molar-refractivity contribution in [3.05, 3.63) is 54.1 Å². The zero-order chi connectivity index (χ0) is 25.3. The van der Waals surface area contributed by atoms with Crippen molar-refractivity contribution in [2.45, 2.75) is 19.3 Å². The topological polar surface area (TPSA) is 118 Å². The lowest BCUT2D eigenvalue weighted by Gasteiger charge is -2.26. The molecular weight excluding hydrogens is 472 g/mol. The first kappa shape index (κ1) is 26.0. The van der Waals surface area contributed by atoms with E-state index in [1.807, 2.05) is 4.90 Å². The molecule has 0 atom stereocenters. The Balaban J connectivity index is 1.52. The van der Waals surface area contributed by atoms with Gasteiger partial charge in [-0.05, 0) is 61.2 Å². The lowest BCUT2D eigenvalue weighted by molar-refractivity contribution is -0.134. The Bertz CT molecular complexity index is 1140. The second-order valence-corrected chi connectivity index (χ2v) is 9.94. The van der Waals surface area contributed by atoms with Gasteiger partial charge in [-0.1, -0.05) is 12.1 Å². The molecule has 11 heteroatoms. The molecular formula is C24H30N4O6S. The number of nitrogens with one attached hydrogen (secondary N) is 1. The second kappa shape index (κ2) is 12.2. The molecule has 0 saturated carbocycles. The van der Waals surface area contributed by atoms with E-state index in [0.29, 0.717) is 17.1 Å². The normalized spacial score (nSPS) is 13.9. The predicted molar refractivity (Wildman–Crippen MR) is 133 cm³/mol. The Kier molecular flexibility index (Phi) is 9.07. The second-order valence-electron chi connectivity index (χ2n) is 8.03. The Labute approximate surface area is 205 Å². The first-order valence-corrected chi connectivity index (χ1v) is 13.1. The molecule has 1 fully saturated rings. The van der Waals surface area contributed by atoms with E-state index in [-0.39, 0.29) is 18.2 Å². The van der Waals surface area contributed by atoms with E-state index in [0.717, 1.165) is 42.9 Å². The fourth-order valence-corrected chi connectivity index (χ4v) is 4.45. The molecule has 2 amide bonds. The van der Waals surface area contributed by atoms with E-state index < -0.39 is 22.5 Å². The van der Waals surface area contributed by atoms with Crippen LogP contribution >= 0.6 is 0 Å². The van der Waals surface area contributed by atoms with Crippen LogP contribution in [0.1, 0.15) is 24.8 Å². The first-order chi connectivity index (χ1) is 16.8. The van der Waals surface area contributed by atoms with Gasteiger partial charge in [0.25, 0.3) is 11.8 Å². The van der Waals surface area contributed by atoms with E-state index in [1.54, 1.807) is 48.5 Å². The van der Waals surface area contributed by atoms with Gasteiger partial charge < -0.3 is 14.4 Å². The molecule has 0 aliphatic carbocycles. The number of nitrogens with zero attached hydrogens (tertiary/aromatic N) is 3. The minimum Gasteiger partial charge on any atom is -0.495 e. The number of amides is 2. The first-order valence-electron chi connectivity index (χ1n) is 11.2. The van der Waals surface area contributed by atoms with E-state index >= 15 is 0 Å². The van der Waals surface area contributed by atoms with Crippen LogP contribution in [0.15, 0.2) is 53.6 Å². The summed E-state index contributed by atoms with van der Waals surface area (Å²) in [7, 11) is -2.32. The summed E-state index contributed by atoms with van der Waals surface area (Å²) in [5, 5.41) is 3.90. The number of piperidine rings is 1. The highest BCUT2D eigenvalue weighted by molar-refractivity contribution is 7.92. The highest BCUT2D eigenvalue weighted by Gasteiger charge is 2.23. The molecule has 1 N–H and O–H groups in total. The molecule has 0 aromatic heterocycles. The van der Waals surface area contributed by atoms with Crippen LogP contribution in [0.25, 0.3) is 0 Å². The summed E-state index contributed by atoms with van der Waals surface area (Å²) in [6.45, 7) is 1.09. The molecule has 0 unspecified atom stereocenters. The monoisotopic (exact) mass is 502 g/mol. The SMILES string of the molecule is COc1ccccc1N(CC(=O)N/N=C\c1ccc(OCC(=O)N2CCCCC2)cc1)S(C)(=O)=O. The molecule has 0 radical (unpaired) electrons. The summed E-state index contributed by atoms with van der Waals surface area (Å²) in [6, 6.07) is 13.4. The number of sulfonamides is 1. The van der Waals surface area contributed by atoms with Gasteiger partial charge in [0.15, 0.2) is 6.61 Å². The lowest BCUT2D eigenvalue weighted by Crippen LogP contribution is -2.39. The number of ether oxygens (including phenoxy) is 2. The van der Waals surface area contributed by atoms with Crippen LogP contribution < -0.4 is 19.2 Å². The number of para-hydroxylation sites is 2. The molecule has 0 spiro atoms. The van der Waals surface area contributed by atoms with Gasteiger partial charge >= 0.3 is 0 Å². The molecule has 1 aliphatic rings. The van der Waals surface area contributed by atoms with Gasteiger partial charge in [-0.15, -0.1) is 0 Å². The third kappa shape index (κ3) is 7.71. The molecule has 35 heavy (non-hydrogen) atoms. The van der Waals surface area contributed by atoms with Crippen molar-refractivity contribution in [1.82, 2.24) is 10.3 Å². The van der Waals surface area contributed by atoms with Crippen LogP contribution in [-0.4, -0.2) is 71.0 Å². The number of carbonyl (C=O) groups excluding carboxylic acids is 2. The maximum atomic E-state index is 12.4. The van der Waals surface area contributed by atoms with Gasteiger partial charge in [0.2, 0.25) is 10.0 Å². The van der Waals surface area contributed by atoms with Crippen LogP contribution in [0.5, 0.6) is 11.5 Å². The van der Waals surface area contributed by atoms with Crippen LogP contribution in [0.4, 0.5) is 5.69 Å². The highest BCUT2D eigenvalue weighted by atomic mass is 32.2. The minimum atomic E-state index is -3.75. The average Bonchev–Trinajstić information content (AvgIpc) is 2.86. The summed E-state index contributed by atoms with van der Waals surface area (Å²) in [4.78, 5) is 26.4. The molecule has 3 rings (SSSR count). The number of carbonyl (C=O) groups is 2. The lowest BCUT2D eigenvalue weighted by atomic mass is 10.1. The van der Waals surface area contributed by atoms with Crippen molar-refractivity contribution in [2.75, 3.05) is 43.9 Å². The summed E-state index contributed by atoms with van der Waals surface area (Å²) < 4.78 is 36.3. The van der Waals surface area contributed by atoms with Crippen LogP contribution in [0, 0.1) is 0 Å². The summed E-state index contributed by atoms with van der Waals surface area (Å²) >= 11 is 0. The molecule has 188 valence electrons. The van der Waals surface area contributed by atoms with Gasteiger partial charge in [-0.25, -0.2) is 13.8 Å². The standard InChI is InChI=1S/C24H30N4O6S/c1-33-22-9-5-4-8-21(22)28(35(2,31)32)17-23(29)26-25-16-19-10-12-20(13-11-19)34-18-24(30)27-14-6-3-7-15-27/h4-5,8-13,16H,3,6-7,14-15,17-18H2,1-2H3,(H,26,29)/b25-16-. The molecule has 2 aromatic carbocycles. The predicted octanol–water partition coefficient (Wildman–Crippen LogP) is 2.00. The summed E-state index contributed by atoms with van der Waals surface area (Å²) in [5.41, 5.74) is 3.27. The number of rotatable bonds is 10. The zero-order valence-electron chi connectivity index (χ0n) is 19.8. The van der Waals surface area contributed by atoms with Crippen LogP contribution in [0.2, 0.25) is 0 Å². The molecule has 1 aliphatic heterocycles. The maximum absolute atomic E-state index is 12.4. The molecule has 10 nitrogen and oxygen atoms in total. The van der Waals surface area contributed by atoms with Crippen molar-refractivity contribution in [3.63, 3.8) is 0 Å². The van der Waals surface area contributed by atoms with E-state index in [4.69, 9.17) is 9.47 Å². The molecule has 1 heterocycles. The Morgan fingerprint density at radius 2 is 1.77 bits per heavy atom. The van der Waals surface area contributed by atoms with Crippen molar-refractivity contribution >= 4 is 33.7 Å². The number of likely N-dealkylation sites (tertiary alicyclic amines) is 1. The van der Waals surface area contributed by atoms with Gasteiger partial charge in [-0.3, -0.25) is 13.9 Å². The van der Waals surface area contributed by atoms with Crippen molar-refractivity contribution in [3.8, 4) is 11.5 Å². The largest absolute Gasteiger partial charge is 0.495 e. The summed E-state index contributed by atoms with van der Waals surface area (Å²) in [5.74, 6) is 0.245. The number of methoxy groups -OCH3 is 1. The number of hydrogen-bond donors (Lipinski definition) is 1. The third-order valence-electron chi connectivity index (χ3n) is 5.40. The molecule has 2 aromatic rings. The molecule has 1 saturated heterocycles. The van der Waals surface area contributed by atoms with E-state index in [1.165, 1.54) is 13.3 Å². The average molecular weight is 503 g/mol. The van der Waals surface area contributed by atoms with Gasteiger partial charge in [0, 0.05) is 13.1 Å². The number of hydrazone groups is 1. The van der Waals surface area contributed by atoms with Crippen LogP contribution in [0.3, 0.4) is 0 Å². The number of hydrogen-bond acceptors (Lipinski definition) is 7. The fraction of sp³-hybridized carbons (Fsp3) is 0.375. The third-order valence-corrected chi connectivity index (χ3v) is 6.52. The van der Waals surface area contributed by atoms with Gasteiger partial charge in [0.05, 0.1) is 25.3 Å². The van der Waals surface area contributed by atoms with Crippen LogP contribution in [-0.2, 0) is 19.6 Å². The fourth-order valence-electron chi connectivity index (χ4n) is 3.59. The maximum Gasteiger partial charge on any atom is 0.260 e. The summed E-state index contributed by atoms with van der Waals surface area (Å²) in [6.07, 6.45) is 5.66. The highest BCUT2D eigenvalue weighted by Crippen LogP contribution is 2.29. The van der Waals surface area contributed by atoms with Gasteiger partial charge in [-0.2, -0.15) is 5.10 Å². The van der Waals surface area contributed by atoms with E-state index in [9.17, 15) is 18.0 Å². The van der Waals surface area contributed by atoms with Gasteiger partial charge in [0.1, 0.15) is 18.0 Å². The smallest absolute Gasteiger partial charge is 0.260 e. The Morgan fingerprint density at radius 3 is 2.43 bits per heavy atom. The zero-order valence-corrected chi connectivity index (χ0v) is 20.7.